The Bertz CT molecular complexity index is 1270. The number of aldehydes is 1. The summed E-state index contributed by atoms with van der Waals surface area (Å²) in [6.45, 7) is 4.50. The highest BCUT2D eigenvalue weighted by Gasteiger charge is 2.15. The van der Waals surface area contributed by atoms with Crippen LogP contribution in [0.2, 0.25) is 5.02 Å². The van der Waals surface area contributed by atoms with Gasteiger partial charge in [-0.15, -0.1) is 0 Å². The maximum atomic E-state index is 12.6. The van der Waals surface area contributed by atoms with Gasteiger partial charge >= 0.3 is 0 Å². The van der Waals surface area contributed by atoms with Crippen molar-refractivity contribution < 1.29 is 14.0 Å². The summed E-state index contributed by atoms with van der Waals surface area (Å²) in [5.41, 5.74) is 4.46. The van der Waals surface area contributed by atoms with Crippen molar-refractivity contribution in [3.05, 3.63) is 94.3 Å². The highest BCUT2D eigenvalue weighted by molar-refractivity contribution is 6.31. The number of likely N-dealkylation sites (tertiary alicyclic amines) is 1. The predicted molar refractivity (Wildman–Crippen MR) is 160 cm³/mol. The van der Waals surface area contributed by atoms with Crippen LogP contribution in [0.4, 0.5) is 10.1 Å². The van der Waals surface area contributed by atoms with E-state index in [2.05, 4.69) is 16.3 Å². The van der Waals surface area contributed by atoms with E-state index < -0.39 is 0 Å². The van der Waals surface area contributed by atoms with Crippen LogP contribution in [0, 0.1) is 17.1 Å². The van der Waals surface area contributed by atoms with E-state index in [0.717, 1.165) is 61.3 Å². The molecule has 0 unspecified atom stereocenters. The zero-order valence-corrected chi connectivity index (χ0v) is 23.7. The number of halogens is 2. The van der Waals surface area contributed by atoms with Gasteiger partial charge in [0.1, 0.15) is 12.1 Å². The number of Topliss-reactive ketones (excluding diaryl/α,β-unsaturated/α-hetero) is 1. The molecule has 0 radical (unpaired) electrons. The van der Waals surface area contributed by atoms with Crippen molar-refractivity contribution >= 4 is 34.9 Å². The van der Waals surface area contributed by atoms with Crippen LogP contribution in [0.3, 0.4) is 0 Å². The number of allylic oxidation sites excluding steroid dienone is 6. The van der Waals surface area contributed by atoms with Crippen LogP contribution in [-0.4, -0.2) is 68.2 Å². The fraction of sp³-hybridized carbons (Fsp3) is 0.344. The van der Waals surface area contributed by atoms with Crippen LogP contribution in [0.25, 0.3) is 5.57 Å². The second-order valence-electron chi connectivity index (χ2n) is 9.75. The number of nitrogens with one attached hydrogen (secondary N) is 1. The van der Waals surface area contributed by atoms with E-state index in [-0.39, 0.29) is 16.6 Å². The third-order valence-corrected chi connectivity index (χ3v) is 7.06. The number of hydrogen-bond acceptors (Lipinski definition) is 6. The smallest absolute Gasteiger partial charge is 0.151 e. The van der Waals surface area contributed by atoms with Gasteiger partial charge in [0.15, 0.2) is 5.78 Å². The number of ketones is 1. The van der Waals surface area contributed by atoms with E-state index in [9.17, 15) is 19.2 Å². The molecule has 1 saturated heterocycles. The molecule has 0 aromatic heterocycles. The summed E-state index contributed by atoms with van der Waals surface area (Å²) in [6.07, 6.45) is 12.3. The minimum absolute atomic E-state index is 0.120. The zero-order valence-electron chi connectivity index (χ0n) is 22.9. The Morgan fingerprint density at radius 1 is 1.20 bits per heavy atom. The molecule has 2 aromatic carbocycles. The van der Waals surface area contributed by atoms with Gasteiger partial charge in [0, 0.05) is 37.8 Å². The molecular weight excluding hydrogens is 527 g/mol. The van der Waals surface area contributed by atoms with E-state index >= 15 is 0 Å². The molecule has 2 aromatic rings. The Morgan fingerprint density at radius 3 is 2.60 bits per heavy atom. The average molecular weight is 563 g/mol. The molecule has 1 aliphatic heterocycles. The van der Waals surface area contributed by atoms with Gasteiger partial charge in [-0.2, -0.15) is 5.26 Å². The van der Waals surface area contributed by atoms with Gasteiger partial charge in [0.2, 0.25) is 0 Å². The van der Waals surface area contributed by atoms with Crippen molar-refractivity contribution in [3.63, 3.8) is 0 Å². The minimum Gasteiger partial charge on any atom is -0.388 e. The summed E-state index contributed by atoms with van der Waals surface area (Å²) in [5, 5.41) is 12.2. The highest BCUT2D eigenvalue weighted by Crippen LogP contribution is 2.22. The second-order valence-corrected chi connectivity index (χ2v) is 10.2. The predicted octanol–water partition coefficient (Wildman–Crippen LogP) is 5.71. The molecule has 0 amide bonds. The maximum absolute atomic E-state index is 12.6. The average Bonchev–Trinajstić information content (AvgIpc) is 3.37. The number of rotatable bonds is 11. The number of hydrogen-bond donors (Lipinski definition) is 1. The van der Waals surface area contributed by atoms with E-state index in [4.69, 9.17) is 11.6 Å². The van der Waals surface area contributed by atoms with Gasteiger partial charge in [0.05, 0.1) is 24.2 Å². The summed E-state index contributed by atoms with van der Waals surface area (Å²) < 4.78 is 12.5. The molecule has 8 heteroatoms. The van der Waals surface area contributed by atoms with Crippen LogP contribution >= 0.6 is 11.6 Å². The van der Waals surface area contributed by atoms with Crippen LogP contribution in [0.15, 0.2) is 72.3 Å². The number of carbonyl (C=O) groups is 2. The SMILES string of the molecule is CNc1ccc(F)c(Cl)c1.N#CC1=CCC=CC(c2ccc(CC(=O)CN(CC=O)CCN3CCCC3)cc2)=C1. The van der Waals surface area contributed by atoms with Crippen LogP contribution in [0.5, 0.6) is 0 Å². The molecule has 0 atom stereocenters. The molecule has 1 heterocycles. The van der Waals surface area contributed by atoms with Crippen LogP contribution in [-0.2, 0) is 16.0 Å². The molecule has 1 aliphatic carbocycles. The topological polar surface area (TPSA) is 76.4 Å². The van der Waals surface area contributed by atoms with Crippen molar-refractivity contribution in [2.24, 2.45) is 0 Å². The number of anilines is 1. The summed E-state index contributed by atoms with van der Waals surface area (Å²) in [4.78, 5) is 27.9. The normalized spacial score (nSPS) is 14.9. The molecule has 4 rings (SSSR count). The van der Waals surface area contributed by atoms with Gasteiger partial charge in [-0.1, -0.05) is 54.1 Å². The number of carbonyl (C=O) groups excluding carboxylic acids is 2. The fourth-order valence-corrected chi connectivity index (χ4v) is 4.73. The van der Waals surface area contributed by atoms with Crippen molar-refractivity contribution in [1.82, 2.24) is 9.80 Å². The first-order valence-corrected chi connectivity index (χ1v) is 13.9. The maximum Gasteiger partial charge on any atom is 0.151 e. The molecule has 40 heavy (non-hydrogen) atoms. The lowest BCUT2D eigenvalue weighted by Gasteiger charge is -2.22. The third-order valence-electron chi connectivity index (χ3n) is 6.77. The highest BCUT2D eigenvalue weighted by atomic mass is 35.5. The molecule has 0 bridgehead atoms. The van der Waals surface area contributed by atoms with Gasteiger partial charge in [-0.05, 0) is 73.3 Å². The number of nitriles is 1. The lowest BCUT2D eigenvalue weighted by molar-refractivity contribution is -0.120. The first-order chi connectivity index (χ1) is 19.4. The Labute approximate surface area is 241 Å². The Morgan fingerprint density at radius 2 is 1.95 bits per heavy atom. The van der Waals surface area contributed by atoms with Crippen molar-refractivity contribution in [2.45, 2.75) is 25.7 Å². The van der Waals surface area contributed by atoms with Gasteiger partial charge in [-0.25, -0.2) is 4.39 Å². The van der Waals surface area contributed by atoms with Gasteiger partial charge < -0.3 is 15.0 Å². The number of nitrogens with zero attached hydrogens (tertiary/aromatic N) is 3. The van der Waals surface area contributed by atoms with Gasteiger partial charge in [-0.3, -0.25) is 9.69 Å². The summed E-state index contributed by atoms with van der Waals surface area (Å²) in [5.74, 6) is -0.269. The minimum atomic E-state index is -0.388. The second kappa shape index (κ2) is 16.5. The van der Waals surface area contributed by atoms with E-state index in [1.54, 1.807) is 13.1 Å². The Hall–Kier alpha value is -3.57. The molecule has 1 N–H and O–H groups in total. The van der Waals surface area contributed by atoms with E-state index in [0.29, 0.717) is 25.1 Å². The van der Waals surface area contributed by atoms with Crippen molar-refractivity contribution in [1.29, 1.82) is 5.26 Å². The quantitative estimate of drug-likeness (QED) is 0.354. The standard InChI is InChI=1S/C25H29N3O2.C7H7ClFN/c26-19-22-5-1-2-6-24(17-22)23-9-7-21(8-10-23)18-25(30)20-28(15-16-29)14-13-27-11-3-4-12-27;1-10-5-2-3-7(9)6(8)4-5/h2,5-10,16-17H,1,3-4,11-15,18,20H2;2-4,10H,1H3. The zero-order chi connectivity index (χ0) is 28.7. The monoisotopic (exact) mass is 562 g/mol. The van der Waals surface area contributed by atoms with Crippen LogP contribution in [0.1, 0.15) is 30.4 Å². The van der Waals surface area contributed by atoms with Gasteiger partial charge in [0.25, 0.3) is 0 Å². The molecule has 1 fully saturated rings. The molecule has 0 spiro atoms. The molecular formula is C32H36ClFN4O2. The lowest BCUT2D eigenvalue weighted by atomic mass is 10.0. The fourth-order valence-electron chi connectivity index (χ4n) is 4.55. The summed E-state index contributed by atoms with van der Waals surface area (Å²) in [6, 6.07) is 14.6. The lowest BCUT2D eigenvalue weighted by Crippen LogP contribution is -2.38. The molecule has 2 aliphatic rings. The first-order valence-electron chi connectivity index (χ1n) is 13.5. The van der Waals surface area contributed by atoms with Crippen LogP contribution < -0.4 is 5.32 Å². The van der Waals surface area contributed by atoms with E-state index in [1.807, 2.05) is 53.5 Å². The summed E-state index contributed by atoms with van der Waals surface area (Å²) in [7, 11) is 1.75. The first kappa shape index (κ1) is 31.0. The Kier molecular flexibility index (Phi) is 12.8. The molecule has 6 nitrogen and oxygen atoms in total. The molecule has 0 saturated carbocycles. The Balaban J connectivity index is 0.000000371. The van der Waals surface area contributed by atoms with E-state index in [1.165, 1.54) is 25.0 Å². The molecule has 210 valence electrons. The van der Waals surface area contributed by atoms with Crippen molar-refractivity contribution in [3.8, 4) is 6.07 Å². The largest absolute Gasteiger partial charge is 0.388 e. The van der Waals surface area contributed by atoms with Crippen molar-refractivity contribution in [2.75, 3.05) is 51.6 Å². The number of benzene rings is 2. The third kappa shape index (κ3) is 10.2. The summed E-state index contributed by atoms with van der Waals surface area (Å²) >= 11 is 5.48.